The first-order valence-electron chi connectivity index (χ1n) is 10.7. The molecule has 6 heteroatoms. The second-order valence-corrected chi connectivity index (χ2v) is 9.83. The zero-order chi connectivity index (χ0) is 23.5. The number of alkyl carbamates (subject to hydrolysis) is 1. The Balaban J connectivity index is 1.76. The number of amides is 1. The normalized spacial score (nSPS) is 11.8. The van der Waals surface area contributed by atoms with Gasteiger partial charge in [-0.3, -0.25) is 10.3 Å². The van der Waals surface area contributed by atoms with Crippen LogP contribution in [0.3, 0.4) is 0 Å². The fourth-order valence-corrected chi connectivity index (χ4v) is 3.20. The third-order valence-electron chi connectivity index (χ3n) is 4.82. The van der Waals surface area contributed by atoms with E-state index in [-0.39, 0.29) is 5.41 Å². The summed E-state index contributed by atoms with van der Waals surface area (Å²) in [6.07, 6.45) is 1.26. The summed E-state index contributed by atoms with van der Waals surface area (Å²) in [7, 11) is 0. The number of benzene rings is 2. The molecule has 0 radical (unpaired) electrons. The molecule has 168 valence electrons. The van der Waals surface area contributed by atoms with Crippen molar-refractivity contribution >= 4 is 17.1 Å². The molecule has 0 bridgehead atoms. The Hall–Kier alpha value is -3.41. The molecule has 0 saturated heterocycles. The Kier molecular flexibility index (Phi) is 6.53. The molecule has 3 rings (SSSR count). The molecule has 1 amide bonds. The molecule has 6 nitrogen and oxygen atoms in total. The van der Waals surface area contributed by atoms with Gasteiger partial charge in [-0.1, -0.05) is 57.7 Å². The zero-order valence-corrected chi connectivity index (χ0v) is 19.7. The van der Waals surface area contributed by atoms with Crippen LogP contribution in [0.15, 0.2) is 61.1 Å². The second kappa shape index (κ2) is 8.99. The van der Waals surface area contributed by atoms with Gasteiger partial charge < -0.3 is 10.1 Å². The first-order chi connectivity index (χ1) is 14.9. The largest absolute Gasteiger partial charge is 0.444 e. The van der Waals surface area contributed by atoms with E-state index in [1.54, 1.807) is 6.20 Å². The Labute approximate surface area is 190 Å². The third-order valence-corrected chi connectivity index (χ3v) is 4.82. The van der Waals surface area contributed by atoms with E-state index in [0.29, 0.717) is 12.4 Å². The summed E-state index contributed by atoms with van der Waals surface area (Å²) in [5.74, 6) is 0.361. The van der Waals surface area contributed by atoms with Crippen LogP contribution < -0.4 is 10.6 Å². The van der Waals surface area contributed by atoms with Gasteiger partial charge in [0.25, 0.3) is 0 Å². The molecule has 1 aromatic heterocycles. The number of hydrogen-bond acceptors (Lipinski definition) is 5. The van der Waals surface area contributed by atoms with Crippen LogP contribution in [0.2, 0.25) is 0 Å². The number of nitrogens with zero attached hydrogens (tertiary/aromatic N) is 2. The summed E-state index contributed by atoms with van der Waals surface area (Å²) in [5, 5.41) is 5.70. The lowest BCUT2D eigenvalue weighted by atomic mass is 9.86. The van der Waals surface area contributed by atoms with Crippen LogP contribution in [0.5, 0.6) is 0 Å². The number of ether oxygens (including phenoxy) is 1. The quantitative estimate of drug-likeness (QED) is 0.542. The summed E-state index contributed by atoms with van der Waals surface area (Å²) < 4.78 is 5.24. The van der Waals surface area contributed by atoms with Crippen LogP contribution in [0.1, 0.15) is 52.7 Å². The maximum atomic E-state index is 11.9. The van der Waals surface area contributed by atoms with Crippen LogP contribution >= 0.6 is 0 Å². The van der Waals surface area contributed by atoms with Gasteiger partial charge in [0.15, 0.2) is 0 Å². The minimum atomic E-state index is -0.570. The van der Waals surface area contributed by atoms with Gasteiger partial charge in [0.05, 0.1) is 22.9 Å². The molecule has 0 fully saturated rings. The zero-order valence-electron chi connectivity index (χ0n) is 19.7. The van der Waals surface area contributed by atoms with E-state index < -0.39 is 11.7 Å². The van der Waals surface area contributed by atoms with Crippen LogP contribution in [0.25, 0.3) is 22.3 Å². The van der Waals surface area contributed by atoms with E-state index >= 15 is 0 Å². The van der Waals surface area contributed by atoms with E-state index in [0.717, 1.165) is 27.9 Å². The van der Waals surface area contributed by atoms with E-state index in [4.69, 9.17) is 14.7 Å². The highest BCUT2D eigenvalue weighted by atomic mass is 16.6. The minimum absolute atomic E-state index is 0.0643. The topological polar surface area (TPSA) is 76.1 Å². The molecular weight excluding hydrogens is 400 g/mol. The van der Waals surface area contributed by atoms with Gasteiger partial charge in [-0.2, -0.15) is 0 Å². The lowest BCUT2D eigenvalue weighted by Gasteiger charge is -2.20. The number of nitrogens with one attached hydrogen (secondary N) is 2. The van der Waals surface area contributed by atoms with Crippen LogP contribution in [-0.2, 0) is 16.7 Å². The number of para-hydroxylation sites is 1. The van der Waals surface area contributed by atoms with Crippen LogP contribution in [0.4, 0.5) is 4.79 Å². The van der Waals surface area contributed by atoms with Gasteiger partial charge in [-0.25, -0.2) is 9.78 Å². The summed E-state index contributed by atoms with van der Waals surface area (Å²) in [5.41, 5.74) is 5.21. The molecule has 2 N–H and O–H groups in total. The molecule has 0 unspecified atom stereocenters. The highest BCUT2D eigenvalue weighted by Gasteiger charge is 2.17. The van der Waals surface area contributed by atoms with E-state index in [2.05, 4.69) is 62.2 Å². The van der Waals surface area contributed by atoms with E-state index in [1.807, 2.05) is 39.0 Å². The summed E-state index contributed by atoms with van der Waals surface area (Å²) in [6, 6.07) is 14.3. The second-order valence-electron chi connectivity index (χ2n) is 9.83. The smallest absolute Gasteiger partial charge is 0.413 e. The Morgan fingerprint density at radius 3 is 2.47 bits per heavy atom. The first kappa shape index (κ1) is 23.3. The van der Waals surface area contributed by atoms with Gasteiger partial charge >= 0.3 is 6.09 Å². The fraction of sp³-hybridized carbons (Fsp3) is 0.346. The van der Waals surface area contributed by atoms with Crippen LogP contribution in [-0.4, -0.2) is 21.7 Å². The fourth-order valence-electron chi connectivity index (χ4n) is 3.20. The maximum absolute atomic E-state index is 11.9. The molecular formula is C26H32N4O2. The average molecular weight is 433 g/mol. The lowest BCUT2D eigenvalue weighted by Crippen LogP contribution is -2.35. The summed E-state index contributed by atoms with van der Waals surface area (Å²) in [4.78, 5) is 21.4. The van der Waals surface area contributed by atoms with Crippen molar-refractivity contribution in [1.29, 1.82) is 0 Å². The van der Waals surface area contributed by atoms with Gasteiger partial charge in [-0.05, 0) is 49.4 Å². The number of fused-ring (bicyclic) bond motifs is 1. The number of hydrogen-bond donors (Lipinski definition) is 2. The minimum Gasteiger partial charge on any atom is -0.444 e. The lowest BCUT2D eigenvalue weighted by molar-refractivity contribution is 0.0542. The van der Waals surface area contributed by atoms with Crippen molar-refractivity contribution in [3.63, 3.8) is 0 Å². The molecule has 0 aliphatic rings. The Morgan fingerprint density at radius 2 is 1.78 bits per heavy atom. The highest BCUT2D eigenvalue weighted by molar-refractivity contribution is 5.80. The summed E-state index contributed by atoms with van der Waals surface area (Å²) in [6.45, 7) is 16.3. The molecule has 3 aromatic rings. The molecule has 0 saturated carbocycles. The summed E-state index contributed by atoms with van der Waals surface area (Å²) >= 11 is 0. The van der Waals surface area contributed by atoms with Gasteiger partial charge in [0.1, 0.15) is 11.4 Å². The molecule has 1 heterocycles. The van der Waals surface area contributed by atoms with Crippen LogP contribution in [0, 0.1) is 0 Å². The predicted molar refractivity (Wildman–Crippen MR) is 129 cm³/mol. The number of carbonyl (C=O) groups excluding carboxylic acids is 1. The Morgan fingerprint density at radius 1 is 1.06 bits per heavy atom. The predicted octanol–water partition coefficient (Wildman–Crippen LogP) is 5.68. The molecule has 0 spiro atoms. The monoisotopic (exact) mass is 432 g/mol. The molecule has 32 heavy (non-hydrogen) atoms. The van der Waals surface area contributed by atoms with Gasteiger partial charge in [-0.15, -0.1) is 0 Å². The van der Waals surface area contributed by atoms with E-state index in [9.17, 15) is 4.79 Å². The number of aromatic nitrogens is 2. The third kappa shape index (κ3) is 6.06. The molecule has 0 atom stereocenters. The first-order valence-corrected chi connectivity index (χ1v) is 10.7. The maximum Gasteiger partial charge on any atom is 0.413 e. The average Bonchev–Trinajstić information content (AvgIpc) is 2.69. The molecule has 2 aromatic carbocycles. The van der Waals surface area contributed by atoms with Crippen molar-refractivity contribution < 1.29 is 9.53 Å². The van der Waals surface area contributed by atoms with Gasteiger partial charge in [0, 0.05) is 12.1 Å². The Bertz CT molecular complexity index is 1140. The van der Waals surface area contributed by atoms with Crippen molar-refractivity contribution in [3.8, 4) is 11.3 Å². The van der Waals surface area contributed by atoms with Crippen molar-refractivity contribution in [3.05, 3.63) is 72.2 Å². The van der Waals surface area contributed by atoms with Crippen molar-refractivity contribution in [2.24, 2.45) is 0 Å². The number of carbonyl (C=O) groups is 1. The molecule has 0 aliphatic carbocycles. The molecule has 0 aliphatic heterocycles. The van der Waals surface area contributed by atoms with Crippen molar-refractivity contribution in [2.45, 2.75) is 59.1 Å². The van der Waals surface area contributed by atoms with Gasteiger partial charge in [0.2, 0.25) is 0 Å². The standard InChI is InChI=1S/C26H32N4O2/c1-17(29-24(31)32-26(5,6)7)27-15-19-11-9-13-21-23(19)28-16-22(30-21)18-10-8-12-20(14-18)25(2,3)4/h8-14,16,27H,1,15H2,2-7H3,(H,29,31). The van der Waals surface area contributed by atoms with Crippen molar-refractivity contribution in [1.82, 2.24) is 20.6 Å². The van der Waals surface area contributed by atoms with E-state index in [1.165, 1.54) is 5.56 Å². The van der Waals surface area contributed by atoms with Crippen molar-refractivity contribution in [2.75, 3.05) is 0 Å². The highest BCUT2D eigenvalue weighted by Crippen LogP contribution is 2.27. The number of rotatable bonds is 5. The SMILES string of the molecule is C=C(NCc1cccc2nc(-c3cccc(C(C)(C)C)c3)cnc12)NC(=O)OC(C)(C)C.